The summed E-state index contributed by atoms with van der Waals surface area (Å²) in [4.78, 5) is 13.6. The van der Waals surface area contributed by atoms with E-state index in [9.17, 15) is 4.79 Å². The zero-order valence-electron chi connectivity index (χ0n) is 12.2. The van der Waals surface area contributed by atoms with Crippen LogP contribution < -0.4 is 9.47 Å². The lowest BCUT2D eigenvalue weighted by Crippen LogP contribution is -2.30. The fourth-order valence-corrected chi connectivity index (χ4v) is 2.70. The fraction of sp³-hybridized carbons (Fsp3) is 0.533. The standard InChI is InChI=1S/C15H21NO4/c1-18-11-6-7-14(19-2)12(9-11)13-5-4-8-16(13)10-15(17)20-3/h6-7,9,13H,4-5,8,10H2,1-3H3. The third kappa shape index (κ3) is 3.04. The minimum Gasteiger partial charge on any atom is -0.497 e. The van der Waals surface area contributed by atoms with E-state index in [1.807, 2.05) is 18.2 Å². The molecular weight excluding hydrogens is 258 g/mol. The monoisotopic (exact) mass is 279 g/mol. The summed E-state index contributed by atoms with van der Waals surface area (Å²) in [6.45, 7) is 1.20. The molecule has 1 saturated heterocycles. The second-order valence-corrected chi connectivity index (χ2v) is 4.81. The fourth-order valence-electron chi connectivity index (χ4n) is 2.70. The van der Waals surface area contributed by atoms with Crippen LogP contribution in [0.15, 0.2) is 18.2 Å². The minimum absolute atomic E-state index is 0.166. The predicted octanol–water partition coefficient (Wildman–Crippen LogP) is 2.01. The Hall–Kier alpha value is -1.75. The molecule has 110 valence electrons. The number of ether oxygens (including phenoxy) is 3. The van der Waals surface area contributed by atoms with Crippen molar-refractivity contribution in [2.24, 2.45) is 0 Å². The van der Waals surface area contributed by atoms with Gasteiger partial charge in [0.1, 0.15) is 11.5 Å². The van der Waals surface area contributed by atoms with E-state index >= 15 is 0 Å². The van der Waals surface area contributed by atoms with Crippen molar-refractivity contribution in [2.45, 2.75) is 18.9 Å². The molecule has 1 heterocycles. The van der Waals surface area contributed by atoms with Crippen molar-refractivity contribution in [3.8, 4) is 11.5 Å². The SMILES string of the molecule is COC(=O)CN1CCCC1c1cc(OC)ccc1OC. The van der Waals surface area contributed by atoms with Crippen LogP contribution in [0.2, 0.25) is 0 Å². The van der Waals surface area contributed by atoms with E-state index in [4.69, 9.17) is 14.2 Å². The van der Waals surface area contributed by atoms with Gasteiger partial charge in [0.15, 0.2) is 0 Å². The van der Waals surface area contributed by atoms with Crippen LogP contribution >= 0.6 is 0 Å². The number of esters is 1. The van der Waals surface area contributed by atoms with Crippen molar-refractivity contribution in [3.05, 3.63) is 23.8 Å². The largest absolute Gasteiger partial charge is 0.497 e. The number of carbonyl (C=O) groups is 1. The summed E-state index contributed by atoms with van der Waals surface area (Å²) in [6, 6.07) is 5.93. The van der Waals surface area contributed by atoms with Crippen LogP contribution in [0.25, 0.3) is 0 Å². The van der Waals surface area contributed by atoms with Gasteiger partial charge in [0.05, 0.1) is 27.9 Å². The molecule has 0 spiro atoms. The topological polar surface area (TPSA) is 48.0 Å². The molecule has 1 atom stereocenters. The highest BCUT2D eigenvalue weighted by Gasteiger charge is 2.30. The summed E-state index contributed by atoms with van der Waals surface area (Å²) in [6.07, 6.45) is 2.06. The van der Waals surface area contributed by atoms with Gasteiger partial charge < -0.3 is 14.2 Å². The minimum atomic E-state index is -0.209. The quantitative estimate of drug-likeness (QED) is 0.772. The third-order valence-corrected chi connectivity index (χ3v) is 3.72. The second-order valence-electron chi connectivity index (χ2n) is 4.81. The van der Waals surface area contributed by atoms with Gasteiger partial charge in [-0.25, -0.2) is 0 Å². The summed E-state index contributed by atoms with van der Waals surface area (Å²) in [5.74, 6) is 1.41. The lowest BCUT2D eigenvalue weighted by Gasteiger charge is -2.25. The molecule has 0 radical (unpaired) electrons. The normalized spacial score (nSPS) is 18.9. The van der Waals surface area contributed by atoms with Crippen molar-refractivity contribution in [1.29, 1.82) is 0 Å². The van der Waals surface area contributed by atoms with E-state index in [1.165, 1.54) is 7.11 Å². The zero-order chi connectivity index (χ0) is 14.5. The Balaban J connectivity index is 2.26. The molecule has 0 bridgehead atoms. The number of likely N-dealkylation sites (tertiary alicyclic amines) is 1. The van der Waals surface area contributed by atoms with E-state index in [1.54, 1.807) is 14.2 Å². The maximum Gasteiger partial charge on any atom is 0.319 e. The molecule has 0 N–H and O–H groups in total. The highest BCUT2D eigenvalue weighted by Crippen LogP contribution is 2.38. The number of rotatable bonds is 5. The molecule has 5 nitrogen and oxygen atoms in total. The van der Waals surface area contributed by atoms with E-state index in [0.717, 1.165) is 36.4 Å². The van der Waals surface area contributed by atoms with Crippen LogP contribution in [0.1, 0.15) is 24.4 Å². The summed E-state index contributed by atoms with van der Waals surface area (Å²) < 4.78 is 15.5. The van der Waals surface area contributed by atoms with Gasteiger partial charge in [-0.1, -0.05) is 0 Å². The van der Waals surface area contributed by atoms with Gasteiger partial charge >= 0.3 is 5.97 Å². The molecule has 0 saturated carbocycles. The molecule has 2 rings (SSSR count). The average molecular weight is 279 g/mol. The number of hydrogen-bond acceptors (Lipinski definition) is 5. The number of methoxy groups -OCH3 is 3. The molecule has 1 aliphatic rings. The summed E-state index contributed by atoms with van der Waals surface area (Å²) in [7, 11) is 4.72. The highest BCUT2D eigenvalue weighted by molar-refractivity contribution is 5.71. The van der Waals surface area contributed by atoms with Gasteiger partial charge in [-0.05, 0) is 37.6 Å². The van der Waals surface area contributed by atoms with E-state index in [2.05, 4.69) is 4.90 Å². The first-order valence-corrected chi connectivity index (χ1v) is 6.72. The van der Waals surface area contributed by atoms with Gasteiger partial charge in [-0.15, -0.1) is 0 Å². The first kappa shape index (κ1) is 14.7. The number of nitrogens with zero attached hydrogens (tertiary/aromatic N) is 1. The maximum absolute atomic E-state index is 11.5. The Morgan fingerprint density at radius 1 is 1.30 bits per heavy atom. The Labute approximate surface area is 119 Å². The average Bonchev–Trinajstić information content (AvgIpc) is 2.94. The first-order chi connectivity index (χ1) is 9.69. The molecule has 1 aromatic rings. The smallest absolute Gasteiger partial charge is 0.319 e. The second kappa shape index (κ2) is 6.61. The Morgan fingerprint density at radius 3 is 2.75 bits per heavy atom. The molecule has 0 amide bonds. The van der Waals surface area contributed by atoms with Crippen molar-refractivity contribution >= 4 is 5.97 Å². The van der Waals surface area contributed by atoms with Crippen LogP contribution in [-0.2, 0) is 9.53 Å². The summed E-state index contributed by atoms with van der Waals surface area (Å²) in [5, 5.41) is 0. The van der Waals surface area contributed by atoms with E-state index < -0.39 is 0 Å². The number of hydrogen-bond donors (Lipinski definition) is 0. The lowest BCUT2D eigenvalue weighted by atomic mass is 10.0. The Kier molecular flexibility index (Phi) is 4.84. The van der Waals surface area contributed by atoms with Crippen LogP contribution in [-0.4, -0.2) is 45.3 Å². The Morgan fingerprint density at radius 2 is 2.10 bits per heavy atom. The van der Waals surface area contributed by atoms with Crippen molar-refractivity contribution in [2.75, 3.05) is 34.4 Å². The van der Waals surface area contributed by atoms with Gasteiger partial charge in [0.2, 0.25) is 0 Å². The van der Waals surface area contributed by atoms with E-state index in [-0.39, 0.29) is 12.0 Å². The summed E-state index contributed by atoms with van der Waals surface area (Å²) >= 11 is 0. The molecule has 20 heavy (non-hydrogen) atoms. The van der Waals surface area contributed by atoms with Crippen molar-refractivity contribution < 1.29 is 19.0 Å². The van der Waals surface area contributed by atoms with E-state index in [0.29, 0.717) is 6.54 Å². The maximum atomic E-state index is 11.5. The molecule has 0 aromatic heterocycles. The zero-order valence-corrected chi connectivity index (χ0v) is 12.2. The predicted molar refractivity (Wildman–Crippen MR) is 75.1 cm³/mol. The third-order valence-electron chi connectivity index (χ3n) is 3.72. The molecule has 0 aliphatic carbocycles. The highest BCUT2D eigenvalue weighted by atomic mass is 16.5. The van der Waals surface area contributed by atoms with Crippen LogP contribution in [0.3, 0.4) is 0 Å². The van der Waals surface area contributed by atoms with Crippen LogP contribution in [0, 0.1) is 0 Å². The molecule has 1 unspecified atom stereocenters. The first-order valence-electron chi connectivity index (χ1n) is 6.72. The van der Waals surface area contributed by atoms with Gasteiger partial charge in [-0.2, -0.15) is 0 Å². The van der Waals surface area contributed by atoms with Crippen LogP contribution in [0.5, 0.6) is 11.5 Å². The van der Waals surface area contributed by atoms with Gasteiger partial charge in [0, 0.05) is 11.6 Å². The van der Waals surface area contributed by atoms with Gasteiger partial charge in [0.25, 0.3) is 0 Å². The van der Waals surface area contributed by atoms with Gasteiger partial charge in [-0.3, -0.25) is 9.69 Å². The number of carbonyl (C=O) groups excluding carboxylic acids is 1. The molecule has 1 aliphatic heterocycles. The van der Waals surface area contributed by atoms with Crippen molar-refractivity contribution in [3.63, 3.8) is 0 Å². The van der Waals surface area contributed by atoms with Crippen LogP contribution in [0.4, 0.5) is 0 Å². The molecule has 1 aromatic carbocycles. The number of benzene rings is 1. The van der Waals surface area contributed by atoms with Crippen molar-refractivity contribution in [1.82, 2.24) is 4.90 Å². The molecule has 5 heteroatoms. The molecule has 1 fully saturated rings. The lowest BCUT2D eigenvalue weighted by molar-refractivity contribution is -0.142. The molecular formula is C15H21NO4. The Bertz CT molecular complexity index is 475. The summed E-state index contributed by atoms with van der Waals surface area (Å²) in [5.41, 5.74) is 1.06.